The van der Waals surface area contributed by atoms with Crippen LogP contribution in [0.5, 0.6) is 0 Å². The lowest BCUT2D eigenvalue weighted by atomic mass is 10.0. The molecule has 0 bridgehead atoms. The Morgan fingerprint density at radius 2 is 1.70 bits per heavy atom. The number of fused-ring (bicyclic) bond motifs is 1. The Morgan fingerprint density at radius 3 is 2.39 bits per heavy atom. The van der Waals surface area contributed by atoms with Gasteiger partial charge in [0.2, 0.25) is 21.8 Å². The Morgan fingerprint density at radius 1 is 1.00 bits per heavy atom. The van der Waals surface area contributed by atoms with Crippen molar-refractivity contribution in [2.45, 2.75) is 88.5 Å². The van der Waals surface area contributed by atoms with E-state index in [0.717, 1.165) is 44.1 Å². The van der Waals surface area contributed by atoms with Gasteiger partial charge in [0.05, 0.1) is 4.90 Å². The summed E-state index contributed by atoms with van der Waals surface area (Å²) in [5.41, 5.74) is 1.49. The van der Waals surface area contributed by atoms with Gasteiger partial charge >= 0.3 is 0 Å². The van der Waals surface area contributed by atoms with Crippen molar-refractivity contribution in [2.24, 2.45) is 5.92 Å². The number of nitrogens with one attached hydrogen (secondary N) is 1. The van der Waals surface area contributed by atoms with Gasteiger partial charge in [0.15, 0.2) is 0 Å². The van der Waals surface area contributed by atoms with Crippen LogP contribution in [-0.2, 0) is 26.0 Å². The van der Waals surface area contributed by atoms with E-state index in [4.69, 9.17) is 0 Å². The molecule has 1 saturated heterocycles. The molecule has 3 aliphatic rings. The fourth-order valence-corrected chi connectivity index (χ4v) is 6.79. The van der Waals surface area contributed by atoms with E-state index < -0.39 is 10.0 Å². The summed E-state index contributed by atoms with van der Waals surface area (Å²) in [6.45, 7) is 3.24. The Hall–Kier alpha value is -1.93. The number of aryl methyl sites for hydroxylation is 1. The number of amides is 2. The number of carbonyl (C=O) groups is 2. The monoisotopic (exact) mass is 475 g/mol. The summed E-state index contributed by atoms with van der Waals surface area (Å²) < 4.78 is 28.0. The summed E-state index contributed by atoms with van der Waals surface area (Å²) in [5.74, 6) is 0.333. The highest BCUT2D eigenvalue weighted by atomic mass is 32.2. The Kier molecular flexibility index (Phi) is 7.74. The van der Waals surface area contributed by atoms with Gasteiger partial charge in [-0.1, -0.05) is 32.6 Å². The van der Waals surface area contributed by atoms with Crippen LogP contribution in [0.1, 0.15) is 76.7 Å². The minimum atomic E-state index is -3.56. The first-order valence-corrected chi connectivity index (χ1v) is 14.0. The van der Waals surface area contributed by atoms with E-state index in [2.05, 4.69) is 12.2 Å². The smallest absolute Gasteiger partial charge is 0.243 e. The van der Waals surface area contributed by atoms with E-state index in [1.807, 2.05) is 0 Å². The van der Waals surface area contributed by atoms with Gasteiger partial charge in [0.1, 0.15) is 6.54 Å². The van der Waals surface area contributed by atoms with Gasteiger partial charge in [0, 0.05) is 31.2 Å². The van der Waals surface area contributed by atoms with Gasteiger partial charge in [-0.15, -0.1) is 0 Å². The molecule has 1 aliphatic carbocycles. The van der Waals surface area contributed by atoms with Crippen molar-refractivity contribution < 1.29 is 18.0 Å². The molecule has 1 aromatic carbocycles. The van der Waals surface area contributed by atoms with Gasteiger partial charge in [0.25, 0.3) is 0 Å². The molecule has 182 valence electrons. The van der Waals surface area contributed by atoms with Gasteiger partial charge in [-0.2, -0.15) is 4.31 Å². The van der Waals surface area contributed by atoms with Crippen molar-refractivity contribution >= 4 is 27.5 Å². The van der Waals surface area contributed by atoms with E-state index in [1.165, 1.54) is 12.8 Å². The first-order valence-electron chi connectivity index (χ1n) is 12.6. The van der Waals surface area contributed by atoms with Gasteiger partial charge in [-0.05, 0) is 68.2 Å². The molecule has 2 amide bonds. The van der Waals surface area contributed by atoms with Crippen LogP contribution >= 0.6 is 0 Å². The second-order valence-corrected chi connectivity index (χ2v) is 11.9. The standard InChI is InChI=1S/C25H37N3O4S/c1-19-13-15-27(16-14-19)33(31,32)22-11-12-23-20(17-22)7-6-10-25(30)28(23)18-24(29)26-21-8-4-2-3-5-9-21/h11-12,17,19,21H,2-10,13-16,18H2,1H3,(H,26,29). The molecule has 0 radical (unpaired) electrons. The minimum absolute atomic E-state index is 0.0154. The molecule has 33 heavy (non-hydrogen) atoms. The van der Waals surface area contributed by atoms with E-state index in [9.17, 15) is 18.0 Å². The zero-order valence-corrected chi connectivity index (χ0v) is 20.5. The van der Waals surface area contributed by atoms with Crippen molar-refractivity contribution in [3.63, 3.8) is 0 Å². The van der Waals surface area contributed by atoms with Crippen LogP contribution in [0.2, 0.25) is 0 Å². The predicted octanol–water partition coefficient (Wildman–Crippen LogP) is 3.62. The van der Waals surface area contributed by atoms with Crippen LogP contribution in [0.3, 0.4) is 0 Å². The average Bonchev–Trinajstić information content (AvgIpc) is 3.13. The SMILES string of the molecule is CC1CCN(S(=O)(=O)c2ccc3c(c2)CCCC(=O)N3CC(=O)NC2CCCCCC2)CC1. The largest absolute Gasteiger partial charge is 0.352 e. The fourth-order valence-electron chi connectivity index (χ4n) is 5.27. The second-order valence-electron chi connectivity index (χ2n) is 9.97. The van der Waals surface area contributed by atoms with Crippen LogP contribution in [-0.4, -0.2) is 50.2 Å². The number of piperidine rings is 1. The van der Waals surface area contributed by atoms with Gasteiger partial charge < -0.3 is 10.2 Å². The predicted molar refractivity (Wildman–Crippen MR) is 129 cm³/mol. The number of anilines is 1. The molecule has 7 nitrogen and oxygen atoms in total. The lowest BCUT2D eigenvalue weighted by molar-refractivity contribution is -0.124. The highest BCUT2D eigenvalue weighted by Crippen LogP contribution is 2.31. The van der Waals surface area contributed by atoms with Crippen molar-refractivity contribution in [2.75, 3.05) is 24.5 Å². The molecule has 1 saturated carbocycles. The van der Waals surface area contributed by atoms with Crippen molar-refractivity contribution in [1.29, 1.82) is 0 Å². The zero-order chi connectivity index (χ0) is 23.4. The molecule has 4 rings (SSSR count). The summed E-state index contributed by atoms with van der Waals surface area (Å²) in [5, 5.41) is 3.12. The number of hydrogen-bond donors (Lipinski definition) is 1. The molecule has 0 spiro atoms. The molecule has 0 atom stereocenters. The number of rotatable bonds is 5. The van der Waals surface area contributed by atoms with E-state index in [0.29, 0.717) is 44.0 Å². The van der Waals surface area contributed by atoms with Crippen molar-refractivity contribution in [3.8, 4) is 0 Å². The zero-order valence-electron chi connectivity index (χ0n) is 19.7. The Labute approximate surface area is 198 Å². The highest BCUT2D eigenvalue weighted by molar-refractivity contribution is 7.89. The van der Waals surface area contributed by atoms with Crippen LogP contribution in [0.25, 0.3) is 0 Å². The van der Waals surface area contributed by atoms with E-state index in [1.54, 1.807) is 27.4 Å². The maximum Gasteiger partial charge on any atom is 0.243 e. The number of carbonyl (C=O) groups excluding carboxylic acids is 2. The van der Waals surface area contributed by atoms with Gasteiger partial charge in [-0.3, -0.25) is 9.59 Å². The lowest BCUT2D eigenvalue weighted by Crippen LogP contribution is -2.44. The van der Waals surface area contributed by atoms with Crippen molar-refractivity contribution in [3.05, 3.63) is 23.8 Å². The third-order valence-corrected chi connectivity index (χ3v) is 9.28. The summed E-state index contributed by atoms with van der Waals surface area (Å²) in [4.78, 5) is 27.5. The van der Waals surface area contributed by atoms with Crippen LogP contribution < -0.4 is 10.2 Å². The summed E-state index contributed by atoms with van der Waals surface area (Å²) in [6.07, 6.45) is 10.1. The number of hydrogen-bond acceptors (Lipinski definition) is 4. The minimum Gasteiger partial charge on any atom is -0.352 e. The molecule has 1 N–H and O–H groups in total. The van der Waals surface area contributed by atoms with Crippen LogP contribution in [0, 0.1) is 5.92 Å². The molecular weight excluding hydrogens is 438 g/mol. The third-order valence-electron chi connectivity index (χ3n) is 7.38. The topological polar surface area (TPSA) is 86.8 Å². The molecule has 2 heterocycles. The first kappa shape index (κ1) is 24.2. The summed E-state index contributed by atoms with van der Waals surface area (Å²) >= 11 is 0. The molecule has 8 heteroatoms. The number of sulfonamides is 1. The number of benzene rings is 1. The molecule has 2 aliphatic heterocycles. The van der Waals surface area contributed by atoms with Crippen LogP contribution in [0.4, 0.5) is 5.69 Å². The van der Waals surface area contributed by atoms with Gasteiger partial charge in [-0.25, -0.2) is 8.42 Å². The molecule has 0 unspecified atom stereocenters. The highest BCUT2D eigenvalue weighted by Gasteiger charge is 2.31. The second kappa shape index (κ2) is 10.6. The quantitative estimate of drug-likeness (QED) is 0.659. The van der Waals surface area contributed by atoms with Crippen molar-refractivity contribution in [1.82, 2.24) is 9.62 Å². The lowest BCUT2D eigenvalue weighted by Gasteiger charge is -2.30. The fraction of sp³-hybridized carbons (Fsp3) is 0.680. The molecule has 1 aromatic rings. The third kappa shape index (κ3) is 5.77. The van der Waals surface area contributed by atoms with E-state index >= 15 is 0 Å². The summed E-state index contributed by atoms with van der Waals surface area (Å²) in [6, 6.07) is 5.22. The van der Waals surface area contributed by atoms with Crippen LogP contribution in [0.15, 0.2) is 23.1 Å². The van der Waals surface area contributed by atoms with E-state index in [-0.39, 0.29) is 29.3 Å². The summed E-state index contributed by atoms with van der Waals surface area (Å²) in [7, 11) is -3.56. The maximum atomic E-state index is 13.2. The Balaban J connectivity index is 1.51. The maximum absolute atomic E-state index is 13.2. The average molecular weight is 476 g/mol. The molecule has 0 aromatic heterocycles. The first-order chi connectivity index (χ1) is 15.8. The number of nitrogens with zero attached hydrogens (tertiary/aromatic N) is 2. The normalized spacial score (nSPS) is 21.8. The molecule has 2 fully saturated rings. The molecular formula is C25H37N3O4S. The Bertz CT molecular complexity index is 962.